The molecule has 0 saturated carbocycles. The van der Waals surface area contributed by atoms with Crippen LogP contribution in [0, 0.1) is 0 Å². The van der Waals surface area contributed by atoms with E-state index in [9.17, 15) is 0 Å². The number of hydrogen-bond acceptors (Lipinski definition) is 2. The highest BCUT2D eigenvalue weighted by Gasteiger charge is 2.24. The maximum atomic E-state index is 2.32. The van der Waals surface area contributed by atoms with Gasteiger partial charge in [0, 0.05) is 51.7 Å². The Hall–Kier alpha value is -8.72. The number of nitrogens with zero attached hydrogens (tertiary/aromatic N) is 2. The van der Waals surface area contributed by atoms with Gasteiger partial charge in [0.1, 0.15) is 0 Å². The van der Waals surface area contributed by atoms with Crippen molar-refractivity contribution in [1.82, 2.24) is 0 Å². The predicted octanol–water partition coefficient (Wildman–Crippen LogP) is 17.8. The third kappa shape index (κ3) is 10.0. The minimum absolute atomic E-state index is 0.286. The van der Waals surface area contributed by atoms with Crippen LogP contribution in [0.2, 0.25) is 0 Å². The van der Waals surface area contributed by atoms with Gasteiger partial charge in [0.2, 0.25) is 0 Å². The van der Waals surface area contributed by atoms with E-state index in [1.54, 1.807) is 0 Å². The summed E-state index contributed by atoms with van der Waals surface area (Å²) in [7, 11) is 0. The monoisotopic (exact) mass is 886 g/mol. The number of hydrogen-bond donors (Lipinski definition) is 0. The topological polar surface area (TPSA) is 6.48 Å². The zero-order valence-electron chi connectivity index (χ0n) is 39.1. The van der Waals surface area contributed by atoms with Crippen LogP contribution in [0.5, 0.6) is 0 Å². The van der Waals surface area contributed by atoms with Gasteiger partial charge in [0.05, 0.1) is 0 Å². The van der Waals surface area contributed by atoms with Crippen LogP contribution in [0.3, 0.4) is 0 Å². The average Bonchev–Trinajstić information content (AvgIpc) is 3.43. The largest absolute Gasteiger partial charge is 0.317 e. The Morgan fingerprint density at radius 1 is 0.261 bits per heavy atom. The third-order valence-corrected chi connectivity index (χ3v) is 13.1. The quantitative estimate of drug-likeness (QED) is 0.107. The molecule has 2 heteroatoms. The lowest BCUT2D eigenvalue weighted by atomic mass is 9.78. The summed E-state index contributed by atoms with van der Waals surface area (Å²) in [6.45, 7) is 4.64. The third-order valence-electron chi connectivity index (χ3n) is 13.1. The van der Waals surface area contributed by atoms with E-state index in [4.69, 9.17) is 0 Å². The Bertz CT molecular complexity index is 2950. The SMILES string of the molecule is CC(C)(c1ccc(N(C=C(c2ccccc2)c2ccccc2)c2ccc(-c3ccccc3)cc2)cc1)c1ccc(N(C=C(c2ccccc2)c2ccccc2)c2ccc(-c3ccccc3)cc2)cc1. The van der Waals surface area contributed by atoms with Gasteiger partial charge in [-0.25, -0.2) is 0 Å². The maximum absolute atomic E-state index is 2.32. The fourth-order valence-corrected chi connectivity index (χ4v) is 9.09. The molecule has 0 heterocycles. The van der Waals surface area contributed by atoms with Crippen LogP contribution >= 0.6 is 0 Å². The minimum atomic E-state index is -0.286. The Morgan fingerprint density at radius 3 is 0.739 bits per heavy atom. The molecule has 0 unspecified atom stereocenters. The van der Waals surface area contributed by atoms with Crippen LogP contribution in [0.1, 0.15) is 47.2 Å². The summed E-state index contributed by atoms with van der Waals surface area (Å²) in [6, 6.07) is 99.9. The van der Waals surface area contributed by atoms with E-state index in [1.165, 1.54) is 33.4 Å². The lowest BCUT2D eigenvalue weighted by Crippen LogP contribution is -2.19. The Balaban J connectivity index is 1.00. The molecule has 0 aromatic heterocycles. The molecule has 10 aromatic rings. The molecule has 10 aromatic carbocycles. The Kier molecular flexibility index (Phi) is 13.1. The lowest BCUT2D eigenvalue weighted by molar-refractivity contribution is 0.641. The molecule has 0 saturated heterocycles. The molecule has 10 rings (SSSR count). The summed E-state index contributed by atoms with van der Waals surface area (Å²) >= 11 is 0. The normalized spacial score (nSPS) is 11.0. The highest BCUT2D eigenvalue weighted by atomic mass is 15.1. The van der Waals surface area contributed by atoms with Gasteiger partial charge in [0.25, 0.3) is 0 Å². The van der Waals surface area contributed by atoms with Crippen molar-refractivity contribution in [3.63, 3.8) is 0 Å². The second kappa shape index (κ2) is 20.4. The molecule has 2 nitrogen and oxygen atoms in total. The first-order valence-corrected chi connectivity index (χ1v) is 23.7. The van der Waals surface area contributed by atoms with Crippen LogP contribution in [0.25, 0.3) is 33.4 Å². The summed E-state index contributed by atoms with van der Waals surface area (Å²) in [5, 5.41) is 0. The zero-order valence-corrected chi connectivity index (χ0v) is 39.1. The molecule has 0 aliphatic carbocycles. The first-order chi connectivity index (χ1) is 34.0. The van der Waals surface area contributed by atoms with Gasteiger partial charge < -0.3 is 9.80 Å². The standard InChI is InChI=1S/C67H54N2/c1-67(2,59-37-45-63(46-38-59)68(61-41-33-53(34-42-61)51-21-9-3-10-22-51)49-65(55-25-13-5-14-26-55)56-27-15-6-16-28-56)60-39-47-64(48-40-60)69(62-43-35-54(36-44-62)52-23-11-4-12-24-52)50-66(57-29-17-7-18-30-57)58-31-19-8-20-32-58/h3-50H,1-2H3. The number of anilines is 4. The summed E-state index contributed by atoms with van der Waals surface area (Å²) in [4.78, 5) is 4.65. The highest BCUT2D eigenvalue weighted by molar-refractivity contribution is 5.86. The van der Waals surface area contributed by atoms with Gasteiger partial charge in [-0.3, -0.25) is 0 Å². The minimum Gasteiger partial charge on any atom is -0.317 e. The summed E-state index contributed by atoms with van der Waals surface area (Å²) in [6.07, 6.45) is 4.58. The van der Waals surface area contributed by atoms with Crippen molar-refractivity contribution in [3.8, 4) is 22.3 Å². The first-order valence-electron chi connectivity index (χ1n) is 23.7. The van der Waals surface area contributed by atoms with Gasteiger partial charge in [-0.15, -0.1) is 0 Å². The number of rotatable bonds is 14. The fourth-order valence-electron chi connectivity index (χ4n) is 9.09. The molecule has 0 atom stereocenters. The van der Waals surface area contributed by atoms with Gasteiger partial charge in [-0.2, -0.15) is 0 Å². The van der Waals surface area contributed by atoms with Crippen molar-refractivity contribution >= 4 is 33.9 Å². The van der Waals surface area contributed by atoms with Crippen LogP contribution in [-0.2, 0) is 5.41 Å². The molecule has 0 spiro atoms. The first kappa shape index (κ1) is 44.1. The zero-order chi connectivity index (χ0) is 46.8. The van der Waals surface area contributed by atoms with E-state index in [0.717, 1.165) is 56.1 Å². The van der Waals surface area contributed by atoms with Gasteiger partial charge in [-0.05, 0) is 104 Å². The van der Waals surface area contributed by atoms with E-state index in [-0.39, 0.29) is 5.41 Å². The Labute approximate surface area is 408 Å². The molecule has 69 heavy (non-hydrogen) atoms. The summed E-state index contributed by atoms with van der Waals surface area (Å²) in [5.41, 5.74) is 18.2. The smallest absolute Gasteiger partial charge is 0.0456 e. The second-order valence-electron chi connectivity index (χ2n) is 17.8. The Morgan fingerprint density at radius 2 is 0.478 bits per heavy atom. The van der Waals surface area contributed by atoms with E-state index in [1.807, 2.05) is 0 Å². The molecule has 0 fully saturated rings. The van der Waals surface area contributed by atoms with Crippen LogP contribution in [-0.4, -0.2) is 0 Å². The van der Waals surface area contributed by atoms with E-state index in [0.29, 0.717) is 0 Å². The molecular weight excluding hydrogens is 833 g/mol. The van der Waals surface area contributed by atoms with Gasteiger partial charge in [-0.1, -0.05) is 244 Å². The van der Waals surface area contributed by atoms with E-state index < -0.39 is 0 Å². The summed E-state index contributed by atoms with van der Waals surface area (Å²) in [5.74, 6) is 0. The van der Waals surface area contributed by atoms with Crippen LogP contribution in [0.15, 0.2) is 291 Å². The molecule has 0 aliphatic rings. The summed E-state index contributed by atoms with van der Waals surface area (Å²) < 4.78 is 0. The molecule has 0 aliphatic heterocycles. The molecular formula is C67H54N2. The molecule has 332 valence electrons. The van der Waals surface area contributed by atoms with Crippen molar-refractivity contribution in [2.45, 2.75) is 19.3 Å². The van der Waals surface area contributed by atoms with Crippen LogP contribution < -0.4 is 9.80 Å². The van der Waals surface area contributed by atoms with Crippen LogP contribution in [0.4, 0.5) is 22.7 Å². The van der Waals surface area contributed by atoms with Gasteiger partial charge >= 0.3 is 0 Å². The van der Waals surface area contributed by atoms with E-state index >= 15 is 0 Å². The highest BCUT2D eigenvalue weighted by Crippen LogP contribution is 2.39. The number of benzene rings is 10. The molecule has 0 bridgehead atoms. The van der Waals surface area contributed by atoms with Crippen molar-refractivity contribution in [1.29, 1.82) is 0 Å². The van der Waals surface area contributed by atoms with Gasteiger partial charge in [0.15, 0.2) is 0 Å². The molecule has 0 radical (unpaired) electrons. The van der Waals surface area contributed by atoms with Crippen molar-refractivity contribution in [3.05, 3.63) is 325 Å². The molecule has 0 amide bonds. The van der Waals surface area contributed by atoms with Crippen molar-refractivity contribution in [2.24, 2.45) is 0 Å². The van der Waals surface area contributed by atoms with Crippen molar-refractivity contribution in [2.75, 3.05) is 9.80 Å². The maximum Gasteiger partial charge on any atom is 0.0456 e. The van der Waals surface area contributed by atoms with E-state index in [2.05, 4.69) is 315 Å². The lowest BCUT2D eigenvalue weighted by Gasteiger charge is -2.29. The average molecular weight is 887 g/mol. The fraction of sp³-hybridized carbons (Fsp3) is 0.0448. The molecule has 0 N–H and O–H groups in total. The predicted molar refractivity (Wildman–Crippen MR) is 293 cm³/mol. The van der Waals surface area contributed by atoms with Crippen molar-refractivity contribution < 1.29 is 0 Å². The second-order valence-corrected chi connectivity index (χ2v) is 17.8.